The summed E-state index contributed by atoms with van der Waals surface area (Å²) in [7, 11) is 0. The van der Waals surface area contributed by atoms with Crippen molar-refractivity contribution in [1.29, 1.82) is 0 Å². The first kappa shape index (κ1) is 36.0. The van der Waals surface area contributed by atoms with Crippen molar-refractivity contribution >= 4 is 57.4 Å². The Balaban J connectivity index is -0.0000000250. The van der Waals surface area contributed by atoms with Crippen LogP contribution >= 0.6 is 0 Å². The summed E-state index contributed by atoms with van der Waals surface area (Å²) in [4.78, 5) is 18.7. The van der Waals surface area contributed by atoms with Gasteiger partial charge in [0.15, 0.2) is 0 Å². The van der Waals surface area contributed by atoms with E-state index in [0.29, 0.717) is 0 Å². The van der Waals surface area contributed by atoms with Crippen molar-refractivity contribution in [2.24, 2.45) is 0 Å². The first-order chi connectivity index (χ1) is 5.29. The number of carboxylic acid groups (broad SMARTS) is 2. The molecular weight excluding hydrogens is 304 g/mol. The molecule has 0 heterocycles. The van der Waals surface area contributed by atoms with E-state index < -0.39 is 24.1 Å². The van der Waals surface area contributed by atoms with Crippen LogP contribution < -0.4 is 10.2 Å². The molecule has 0 rings (SSSR count). The molecule has 0 fully saturated rings. The van der Waals surface area contributed by atoms with Crippen LogP contribution in [0, 0.1) is 0 Å². The smallest absolute Gasteiger partial charge is 0.547 e. The summed E-state index contributed by atoms with van der Waals surface area (Å²) in [5.74, 6) is -2.87. The molecule has 9 nitrogen and oxygen atoms in total. The van der Waals surface area contributed by atoms with Crippen molar-refractivity contribution in [3.8, 4) is 0 Å². The van der Waals surface area contributed by atoms with Crippen LogP contribution in [-0.4, -0.2) is 96.3 Å². The van der Waals surface area contributed by atoms with Gasteiger partial charge in [0.2, 0.25) is 0 Å². The predicted molar refractivity (Wildman–Crippen MR) is 50.0 cm³/mol. The molecule has 2 atom stereocenters. The topological polar surface area (TPSA) is 215 Å². The number of carbonyl (C=O) groups excluding carboxylic acids is 2. The van der Waals surface area contributed by atoms with Crippen LogP contribution in [0.25, 0.3) is 0 Å². The zero-order valence-electron chi connectivity index (χ0n) is 8.89. The fraction of sp³-hybridized carbons (Fsp3) is 0.667. The van der Waals surface area contributed by atoms with Gasteiger partial charge in [-0.05, 0) is 13.8 Å². The number of aliphatic carboxylic acids is 2. The Bertz CT molecular complexity index is 140. The maximum atomic E-state index is 9.34. The van der Waals surface area contributed by atoms with Gasteiger partial charge in [0.05, 0.1) is 24.1 Å². The van der Waals surface area contributed by atoms with Crippen molar-refractivity contribution < 1.29 is 46.4 Å². The van der Waals surface area contributed by atoms with Crippen LogP contribution in [0.3, 0.4) is 0 Å². The van der Waals surface area contributed by atoms with E-state index in [1.165, 1.54) is 0 Å². The third-order valence-electron chi connectivity index (χ3n) is 0.682. The summed E-state index contributed by atoms with van der Waals surface area (Å²) in [6.07, 6.45) is -2.69. The fourth-order valence-electron chi connectivity index (χ4n) is 0. The van der Waals surface area contributed by atoms with E-state index in [1.807, 2.05) is 0 Å². The Kier molecular flexibility index (Phi) is 46.3. The van der Waals surface area contributed by atoms with Crippen molar-refractivity contribution in [2.75, 3.05) is 0 Å². The molecule has 0 aliphatic carbocycles. The van der Waals surface area contributed by atoms with Crippen molar-refractivity contribution in [1.82, 2.24) is 0 Å². The second kappa shape index (κ2) is 20.6. The quantitative estimate of drug-likeness (QED) is 0.471. The third kappa shape index (κ3) is 36.8. The first-order valence-corrected chi connectivity index (χ1v) is 3.06. The Morgan fingerprint density at radius 2 is 0.938 bits per heavy atom. The minimum absolute atomic E-state index is 0. The monoisotopic (exact) mass is 320 g/mol. The van der Waals surface area contributed by atoms with Gasteiger partial charge in [-0.15, -0.1) is 0 Å². The number of carboxylic acids is 2. The van der Waals surface area contributed by atoms with Gasteiger partial charge in [0, 0.05) is 0 Å². The molecule has 0 unspecified atom stereocenters. The molecule has 0 aromatic heterocycles. The Morgan fingerprint density at radius 1 is 0.875 bits per heavy atom. The Morgan fingerprint density at radius 3 is 0.938 bits per heavy atom. The molecule has 0 aliphatic rings. The van der Waals surface area contributed by atoms with E-state index in [4.69, 9.17) is 10.2 Å². The number of carbonyl (C=O) groups is 2. The normalized spacial score (nSPS) is 10.2. The van der Waals surface area contributed by atoms with E-state index in [9.17, 15) is 19.8 Å². The van der Waals surface area contributed by atoms with E-state index >= 15 is 0 Å². The van der Waals surface area contributed by atoms with E-state index in [-0.39, 0.29) is 61.9 Å². The molecule has 0 spiro atoms. The van der Waals surface area contributed by atoms with Gasteiger partial charge in [-0.25, -0.2) is 0 Å². The van der Waals surface area contributed by atoms with Crippen LogP contribution in [0.1, 0.15) is 13.8 Å². The van der Waals surface area contributed by atoms with Gasteiger partial charge < -0.3 is 46.4 Å². The zero-order valence-corrected chi connectivity index (χ0v) is 12.4. The van der Waals surface area contributed by atoms with E-state index in [0.717, 1.165) is 13.8 Å². The van der Waals surface area contributed by atoms with Crippen molar-refractivity contribution in [3.63, 3.8) is 0 Å². The zero-order chi connectivity index (χ0) is 10.3. The maximum Gasteiger partial charge on any atom is 2.00 e. The molecule has 0 aromatic carbocycles. The van der Waals surface area contributed by atoms with E-state index in [2.05, 4.69) is 0 Å². The molecule has 0 saturated heterocycles. The maximum absolute atomic E-state index is 9.34. The van der Waals surface area contributed by atoms with E-state index in [1.54, 1.807) is 0 Å². The number of aliphatic hydroxyl groups excluding tert-OH is 2. The molecule has 10 heteroatoms. The minimum atomic E-state index is -1.44. The van der Waals surface area contributed by atoms with Crippen LogP contribution in [0.15, 0.2) is 0 Å². The molecule has 96 valence electrons. The average molecular weight is 320 g/mol. The van der Waals surface area contributed by atoms with Crippen LogP contribution in [0.5, 0.6) is 0 Å². The van der Waals surface area contributed by atoms with Crippen LogP contribution in [-0.2, 0) is 9.59 Å². The van der Waals surface area contributed by atoms with Gasteiger partial charge in [0.25, 0.3) is 0 Å². The van der Waals surface area contributed by atoms with Gasteiger partial charge in [-0.2, -0.15) is 0 Å². The summed E-state index contributed by atoms with van der Waals surface area (Å²) < 4.78 is 0. The molecule has 0 aliphatic heterocycles. The second-order valence-electron chi connectivity index (χ2n) is 1.99. The average Bonchev–Trinajstić information content (AvgIpc) is 1.88. The number of hydrogen-bond donors (Lipinski definition) is 2. The number of rotatable bonds is 2. The van der Waals surface area contributed by atoms with Gasteiger partial charge in [-0.1, -0.05) is 0 Å². The molecule has 0 radical (unpaired) electrons. The minimum Gasteiger partial charge on any atom is -0.547 e. The third-order valence-corrected chi connectivity index (χ3v) is 0.682. The molecule has 0 saturated carbocycles. The summed E-state index contributed by atoms with van der Waals surface area (Å²) in [5, 5.41) is 34.6. The summed E-state index contributed by atoms with van der Waals surface area (Å²) in [6, 6.07) is 0. The first-order valence-electron chi connectivity index (χ1n) is 3.06. The molecule has 0 aromatic rings. The fourth-order valence-corrected chi connectivity index (χ4v) is 0. The molecule has 16 heavy (non-hydrogen) atoms. The number of hydrogen-bond acceptors (Lipinski definition) is 6. The molecule has 0 amide bonds. The SMILES string of the molecule is C[C@H](O)C(=O)[O-].C[C@H](O)C(=O)[O-].O.O.O.[Sr+2]. The standard InChI is InChI=1S/2C3H6O3.3H2O.Sr/c2*1-2(4)3(5)6;;;;/h2*2,4H,1H3,(H,5,6);3*1H2;/q;;;;;+2/p-2/t2*2-;;;;/m00..../s1. The van der Waals surface area contributed by atoms with Crippen molar-refractivity contribution in [3.05, 3.63) is 0 Å². The molecule has 8 N–H and O–H groups in total. The summed E-state index contributed by atoms with van der Waals surface area (Å²) in [6.45, 7) is 2.27. The summed E-state index contributed by atoms with van der Waals surface area (Å²) >= 11 is 0. The van der Waals surface area contributed by atoms with Gasteiger partial charge in [-0.3, -0.25) is 0 Å². The number of aliphatic hydroxyl groups is 2. The van der Waals surface area contributed by atoms with Gasteiger partial charge >= 0.3 is 45.5 Å². The second-order valence-corrected chi connectivity index (χ2v) is 1.99. The predicted octanol–water partition coefficient (Wildman–Crippen LogP) is -6.62. The van der Waals surface area contributed by atoms with Crippen LogP contribution in [0.4, 0.5) is 0 Å². The molecule has 0 bridgehead atoms. The largest absolute Gasteiger partial charge is 2.00 e. The molecular formula is C6H16O9Sr. The van der Waals surface area contributed by atoms with Gasteiger partial charge in [0.1, 0.15) is 0 Å². The van der Waals surface area contributed by atoms with Crippen molar-refractivity contribution in [2.45, 2.75) is 26.1 Å². The Labute approximate surface area is 129 Å². The van der Waals surface area contributed by atoms with Crippen LogP contribution in [0.2, 0.25) is 0 Å². The Hall–Kier alpha value is 0.221. The summed E-state index contributed by atoms with van der Waals surface area (Å²) in [5.41, 5.74) is 0.